The lowest BCUT2D eigenvalue weighted by Gasteiger charge is -2.31. The van der Waals surface area contributed by atoms with Crippen molar-refractivity contribution in [3.8, 4) is 0 Å². The van der Waals surface area contributed by atoms with Gasteiger partial charge in [0.05, 0.1) is 6.42 Å². The van der Waals surface area contributed by atoms with E-state index in [2.05, 4.69) is 12.2 Å². The molecule has 0 heterocycles. The molecule has 1 aliphatic rings. The first kappa shape index (κ1) is 16.3. The zero-order chi connectivity index (χ0) is 15.3. The third kappa shape index (κ3) is 5.34. The Morgan fingerprint density at radius 1 is 1.14 bits per heavy atom. The van der Waals surface area contributed by atoms with Crippen LogP contribution < -0.4 is 5.32 Å². The van der Waals surface area contributed by atoms with Crippen molar-refractivity contribution in [1.82, 2.24) is 5.32 Å². The fraction of sp³-hybridized carbons (Fsp3) is 0.647. The van der Waals surface area contributed by atoms with Crippen LogP contribution in [-0.4, -0.2) is 12.7 Å². The Hall–Kier alpha value is -1.03. The van der Waals surface area contributed by atoms with Gasteiger partial charge in [0, 0.05) is 6.04 Å². The molecule has 1 aromatic carbocycles. The lowest BCUT2D eigenvalue weighted by atomic mass is 9.80. The number of nitrogens with one attached hydrogen (secondary N) is 1. The highest BCUT2D eigenvalue weighted by Crippen LogP contribution is 2.32. The third-order valence-corrected chi connectivity index (χ3v) is 4.55. The molecule has 3 unspecified atom stereocenters. The van der Waals surface area contributed by atoms with Gasteiger partial charge in [0.25, 0.3) is 0 Å². The van der Waals surface area contributed by atoms with Crippen LogP contribution in [0.1, 0.15) is 50.6 Å². The second-order valence-electron chi connectivity index (χ2n) is 6.21. The molecule has 0 amide bonds. The summed E-state index contributed by atoms with van der Waals surface area (Å²) in [5.41, 5.74) is 0.721. The molecular weight excluding hydrogens is 275 g/mol. The molecule has 0 spiro atoms. The van der Waals surface area contributed by atoms with E-state index in [1.807, 2.05) is 6.07 Å². The summed E-state index contributed by atoms with van der Waals surface area (Å²) in [6, 6.07) is 8.33. The van der Waals surface area contributed by atoms with Crippen LogP contribution >= 0.6 is 0 Å². The average molecular weight is 299 g/mol. The zero-order valence-electron chi connectivity index (χ0n) is 12.5. The van der Waals surface area contributed by atoms with Crippen molar-refractivity contribution in [1.29, 1.82) is 0 Å². The molecule has 2 rings (SSSR count). The molecule has 118 valence electrons. The van der Waals surface area contributed by atoms with Crippen molar-refractivity contribution >= 4 is 0 Å². The minimum Gasteiger partial charge on any atom is -0.309 e. The topological polar surface area (TPSA) is 12.0 Å². The lowest BCUT2D eigenvalue weighted by molar-refractivity contribution is -0.140. The van der Waals surface area contributed by atoms with Crippen LogP contribution in [0.3, 0.4) is 0 Å². The molecule has 0 aromatic heterocycles. The smallest absolute Gasteiger partial charge is 0.309 e. The predicted octanol–water partition coefficient (Wildman–Crippen LogP) is 5.10. The van der Waals surface area contributed by atoms with Gasteiger partial charge >= 0.3 is 6.18 Å². The van der Waals surface area contributed by atoms with Gasteiger partial charge in [0.1, 0.15) is 0 Å². The van der Waals surface area contributed by atoms with Crippen LogP contribution in [0.4, 0.5) is 13.2 Å². The van der Waals surface area contributed by atoms with Gasteiger partial charge in [0.2, 0.25) is 0 Å². The van der Waals surface area contributed by atoms with E-state index >= 15 is 0 Å². The molecule has 1 fully saturated rings. The van der Waals surface area contributed by atoms with Crippen molar-refractivity contribution in [2.75, 3.05) is 6.54 Å². The number of hydrogen-bond acceptors (Lipinski definition) is 1. The van der Waals surface area contributed by atoms with Gasteiger partial charge in [0.15, 0.2) is 0 Å². The van der Waals surface area contributed by atoms with E-state index < -0.39 is 18.6 Å². The van der Waals surface area contributed by atoms with Crippen molar-refractivity contribution in [3.05, 3.63) is 35.9 Å². The summed E-state index contributed by atoms with van der Waals surface area (Å²) in [7, 11) is 0. The highest BCUT2D eigenvalue weighted by Gasteiger charge is 2.33. The van der Waals surface area contributed by atoms with Crippen LogP contribution in [0, 0.1) is 11.8 Å². The Balaban J connectivity index is 1.99. The first-order valence-electron chi connectivity index (χ1n) is 7.81. The molecule has 1 N–H and O–H groups in total. The van der Waals surface area contributed by atoms with Crippen LogP contribution in [0.15, 0.2) is 30.3 Å². The van der Waals surface area contributed by atoms with E-state index in [0.29, 0.717) is 18.4 Å². The summed E-state index contributed by atoms with van der Waals surface area (Å²) < 4.78 is 38.4. The zero-order valence-corrected chi connectivity index (χ0v) is 12.5. The van der Waals surface area contributed by atoms with Crippen molar-refractivity contribution in [2.45, 2.75) is 51.2 Å². The molecule has 0 radical (unpaired) electrons. The second kappa shape index (κ2) is 7.30. The van der Waals surface area contributed by atoms with Crippen LogP contribution in [0.5, 0.6) is 0 Å². The van der Waals surface area contributed by atoms with E-state index in [1.54, 1.807) is 24.3 Å². The van der Waals surface area contributed by atoms with Crippen molar-refractivity contribution in [3.63, 3.8) is 0 Å². The summed E-state index contributed by atoms with van der Waals surface area (Å²) in [5, 5.41) is 3.17. The fourth-order valence-corrected chi connectivity index (χ4v) is 3.21. The Morgan fingerprint density at radius 2 is 1.81 bits per heavy atom. The summed E-state index contributed by atoms with van der Waals surface area (Å²) in [5.74, 6) is 1.10. The molecule has 1 aliphatic carbocycles. The highest BCUT2D eigenvalue weighted by atomic mass is 19.4. The number of rotatable bonds is 5. The average Bonchev–Trinajstić information content (AvgIpc) is 2.45. The standard InChI is InChI=1S/C17H24F3N/c1-13-7-5-6-10-15(13)12-21-16(11-17(18,19)20)14-8-3-2-4-9-14/h2-4,8-9,13,15-16,21H,5-7,10-12H2,1H3. The first-order valence-corrected chi connectivity index (χ1v) is 7.81. The molecule has 1 aromatic rings. The maximum Gasteiger partial charge on any atom is 0.390 e. The third-order valence-electron chi connectivity index (χ3n) is 4.55. The molecule has 1 saturated carbocycles. The molecule has 0 aliphatic heterocycles. The Labute approximate surface area is 124 Å². The SMILES string of the molecule is CC1CCCCC1CNC(CC(F)(F)F)c1ccccc1. The van der Waals surface area contributed by atoms with Gasteiger partial charge < -0.3 is 5.32 Å². The minimum absolute atomic E-state index is 0.498. The second-order valence-corrected chi connectivity index (χ2v) is 6.21. The Morgan fingerprint density at radius 3 is 2.43 bits per heavy atom. The van der Waals surface area contributed by atoms with Crippen LogP contribution in [0.2, 0.25) is 0 Å². The van der Waals surface area contributed by atoms with E-state index in [1.165, 1.54) is 19.3 Å². The van der Waals surface area contributed by atoms with Crippen molar-refractivity contribution < 1.29 is 13.2 Å². The summed E-state index contributed by atoms with van der Waals surface area (Å²) in [6.45, 7) is 2.89. The molecule has 21 heavy (non-hydrogen) atoms. The number of benzene rings is 1. The fourth-order valence-electron chi connectivity index (χ4n) is 3.21. The van der Waals surface area contributed by atoms with Gasteiger partial charge in [-0.3, -0.25) is 0 Å². The molecule has 0 saturated heterocycles. The van der Waals surface area contributed by atoms with Gasteiger partial charge in [-0.1, -0.05) is 56.5 Å². The monoisotopic (exact) mass is 299 g/mol. The first-order chi connectivity index (χ1) is 9.96. The van der Waals surface area contributed by atoms with Crippen LogP contribution in [-0.2, 0) is 0 Å². The largest absolute Gasteiger partial charge is 0.390 e. The molecule has 3 atom stereocenters. The minimum atomic E-state index is -4.15. The van der Waals surface area contributed by atoms with Gasteiger partial charge in [-0.2, -0.15) is 13.2 Å². The van der Waals surface area contributed by atoms with Crippen molar-refractivity contribution in [2.24, 2.45) is 11.8 Å². The van der Waals surface area contributed by atoms with Crippen LogP contribution in [0.25, 0.3) is 0 Å². The molecule has 1 nitrogen and oxygen atoms in total. The van der Waals surface area contributed by atoms with E-state index in [0.717, 1.165) is 12.0 Å². The Kier molecular flexibility index (Phi) is 5.68. The quantitative estimate of drug-likeness (QED) is 0.798. The number of halogens is 3. The van der Waals surface area contributed by atoms with E-state index in [-0.39, 0.29) is 0 Å². The summed E-state index contributed by atoms with van der Waals surface area (Å²) in [6.07, 6.45) is -0.179. The molecule has 4 heteroatoms. The van der Waals surface area contributed by atoms with Gasteiger partial charge in [-0.25, -0.2) is 0 Å². The summed E-state index contributed by atoms with van der Waals surface area (Å²) >= 11 is 0. The normalized spacial score (nSPS) is 24.8. The lowest BCUT2D eigenvalue weighted by Crippen LogP contribution is -2.34. The molecular formula is C17H24F3N. The maximum atomic E-state index is 12.8. The highest BCUT2D eigenvalue weighted by molar-refractivity contribution is 5.19. The number of hydrogen-bond donors (Lipinski definition) is 1. The van der Waals surface area contributed by atoms with E-state index in [4.69, 9.17) is 0 Å². The predicted molar refractivity (Wildman–Crippen MR) is 79.0 cm³/mol. The maximum absolute atomic E-state index is 12.8. The summed E-state index contributed by atoms with van der Waals surface area (Å²) in [4.78, 5) is 0. The number of alkyl halides is 3. The molecule has 0 bridgehead atoms. The van der Waals surface area contributed by atoms with Gasteiger partial charge in [-0.15, -0.1) is 0 Å². The Bertz CT molecular complexity index is 416. The van der Waals surface area contributed by atoms with Gasteiger partial charge in [-0.05, 0) is 30.4 Å². The van der Waals surface area contributed by atoms with E-state index in [9.17, 15) is 13.2 Å².